The Hall–Kier alpha value is -1.66. The van der Waals surface area contributed by atoms with Crippen molar-refractivity contribution < 1.29 is 24.1 Å². The molecule has 1 fully saturated rings. The van der Waals surface area contributed by atoms with E-state index in [2.05, 4.69) is 5.32 Å². The van der Waals surface area contributed by atoms with Crippen molar-refractivity contribution >= 4 is 17.7 Å². The van der Waals surface area contributed by atoms with Gasteiger partial charge in [-0.2, -0.15) is 0 Å². The maximum atomic E-state index is 10.9. The van der Waals surface area contributed by atoms with Crippen LogP contribution in [0.4, 0.5) is 4.79 Å². The standard InChI is InChI=1S/C12H14ClNO5/c1-17-10-3-8(13)2-7(5-15)11(10)18-6-9-4-14-12(16)19-9/h2-3,9,15H,4-6H2,1H3,(H,14,16). The van der Waals surface area contributed by atoms with Crippen LogP contribution in [0.2, 0.25) is 5.02 Å². The van der Waals surface area contributed by atoms with Gasteiger partial charge in [-0.15, -0.1) is 0 Å². The lowest BCUT2D eigenvalue weighted by molar-refractivity contribution is 0.102. The van der Waals surface area contributed by atoms with E-state index in [9.17, 15) is 9.90 Å². The Morgan fingerprint density at radius 1 is 1.58 bits per heavy atom. The average Bonchev–Trinajstić information content (AvgIpc) is 2.81. The number of halogens is 1. The normalized spacial score (nSPS) is 17.8. The minimum absolute atomic E-state index is 0.170. The average molecular weight is 288 g/mol. The van der Waals surface area contributed by atoms with E-state index in [1.54, 1.807) is 12.1 Å². The smallest absolute Gasteiger partial charge is 0.407 e. The maximum Gasteiger partial charge on any atom is 0.407 e. The number of hydrogen-bond donors (Lipinski definition) is 2. The van der Waals surface area contributed by atoms with Crippen LogP contribution < -0.4 is 14.8 Å². The number of methoxy groups -OCH3 is 1. The van der Waals surface area contributed by atoms with Gasteiger partial charge in [-0.25, -0.2) is 4.79 Å². The highest BCUT2D eigenvalue weighted by molar-refractivity contribution is 6.30. The molecule has 7 heteroatoms. The van der Waals surface area contributed by atoms with Crippen molar-refractivity contribution in [1.29, 1.82) is 0 Å². The minimum atomic E-state index is -0.459. The highest BCUT2D eigenvalue weighted by Crippen LogP contribution is 2.35. The number of carbonyl (C=O) groups is 1. The molecule has 0 aliphatic carbocycles. The van der Waals surface area contributed by atoms with Crippen LogP contribution in [0.3, 0.4) is 0 Å². The second kappa shape index (κ2) is 5.99. The summed E-state index contributed by atoms with van der Waals surface area (Å²) >= 11 is 5.90. The molecule has 2 N–H and O–H groups in total. The largest absolute Gasteiger partial charge is 0.493 e. The summed E-state index contributed by atoms with van der Waals surface area (Å²) in [7, 11) is 1.48. The fourth-order valence-corrected chi connectivity index (χ4v) is 1.99. The van der Waals surface area contributed by atoms with E-state index < -0.39 is 6.09 Å². The first-order chi connectivity index (χ1) is 9.13. The Morgan fingerprint density at radius 2 is 2.37 bits per heavy atom. The third-order valence-electron chi connectivity index (χ3n) is 2.65. The molecule has 1 unspecified atom stereocenters. The van der Waals surface area contributed by atoms with Crippen molar-refractivity contribution in [1.82, 2.24) is 5.32 Å². The summed E-state index contributed by atoms with van der Waals surface area (Å²) in [4.78, 5) is 10.9. The molecule has 2 rings (SSSR count). The second-order valence-corrected chi connectivity index (χ2v) is 4.41. The van der Waals surface area contributed by atoms with Crippen LogP contribution in [-0.2, 0) is 11.3 Å². The number of rotatable bonds is 5. The molecule has 1 saturated heterocycles. The van der Waals surface area contributed by atoms with Crippen molar-refractivity contribution in [2.24, 2.45) is 0 Å². The molecular weight excluding hydrogens is 274 g/mol. The predicted molar refractivity (Wildman–Crippen MR) is 67.7 cm³/mol. The van der Waals surface area contributed by atoms with Gasteiger partial charge in [0.15, 0.2) is 17.6 Å². The first-order valence-electron chi connectivity index (χ1n) is 5.68. The highest BCUT2D eigenvalue weighted by atomic mass is 35.5. The van der Waals surface area contributed by atoms with Crippen molar-refractivity contribution in [2.45, 2.75) is 12.7 Å². The van der Waals surface area contributed by atoms with Crippen molar-refractivity contribution in [3.8, 4) is 11.5 Å². The molecule has 0 bridgehead atoms. The van der Waals surface area contributed by atoms with E-state index in [4.69, 9.17) is 25.8 Å². The van der Waals surface area contributed by atoms with E-state index in [1.165, 1.54) is 7.11 Å². The quantitative estimate of drug-likeness (QED) is 0.854. The zero-order valence-corrected chi connectivity index (χ0v) is 11.1. The van der Waals surface area contributed by atoms with Crippen LogP contribution in [0.25, 0.3) is 0 Å². The number of nitrogens with one attached hydrogen (secondary N) is 1. The summed E-state index contributed by atoms with van der Waals surface area (Å²) in [5.41, 5.74) is 0.515. The van der Waals surface area contributed by atoms with Gasteiger partial charge in [-0.05, 0) is 6.07 Å². The Labute approximate surface area is 115 Å². The molecular formula is C12H14ClNO5. The number of aliphatic hydroxyl groups excluding tert-OH is 1. The predicted octanol–water partition coefficient (Wildman–Crippen LogP) is 1.33. The van der Waals surface area contributed by atoms with Gasteiger partial charge >= 0.3 is 6.09 Å². The molecule has 1 aromatic carbocycles. The van der Waals surface area contributed by atoms with Gasteiger partial charge in [0, 0.05) is 16.7 Å². The van der Waals surface area contributed by atoms with Crippen LogP contribution in [-0.4, -0.2) is 37.6 Å². The highest BCUT2D eigenvalue weighted by Gasteiger charge is 2.24. The zero-order valence-electron chi connectivity index (χ0n) is 10.3. The topological polar surface area (TPSA) is 77.0 Å². The minimum Gasteiger partial charge on any atom is -0.493 e. The van der Waals surface area contributed by atoms with E-state index in [0.29, 0.717) is 28.6 Å². The lowest BCUT2D eigenvalue weighted by Gasteiger charge is -2.16. The van der Waals surface area contributed by atoms with Gasteiger partial charge in [-0.1, -0.05) is 11.6 Å². The Morgan fingerprint density at radius 3 is 2.95 bits per heavy atom. The molecule has 1 heterocycles. The van der Waals surface area contributed by atoms with E-state index in [-0.39, 0.29) is 19.3 Å². The van der Waals surface area contributed by atoms with Crippen LogP contribution in [0, 0.1) is 0 Å². The number of cyclic esters (lactones) is 1. The number of ether oxygens (including phenoxy) is 3. The molecule has 1 aliphatic heterocycles. The molecule has 0 aromatic heterocycles. The van der Waals surface area contributed by atoms with E-state index in [1.807, 2.05) is 0 Å². The van der Waals surface area contributed by atoms with Crippen LogP contribution in [0.15, 0.2) is 12.1 Å². The van der Waals surface area contributed by atoms with E-state index in [0.717, 1.165) is 0 Å². The van der Waals surface area contributed by atoms with Crippen LogP contribution in [0.5, 0.6) is 11.5 Å². The Balaban J connectivity index is 2.11. The molecule has 1 amide bonds. The summed E-state index contributed by atoms with van der Waals surface area (Å²) in [5, 5.41) is 12.3. The fraction of sp³-hybridized carbons (Fsp3) is 0.417. The van der Waals surface area contributed by atoms with Gasteiger partial charge in [0.2, 0.25) is 0 Å². The zero-order chi connectivity index (χ0) is 13.8. The van der Waals surface area contributed by atoms with Gasteiger partial charge in [0.25, 0.3) is 0 Å². The summed E-state index contributed by atoms with van der Waals surface area (Å²) < 4.78 is 15.7. The Kier molecular flexibility index (Phi) is 4.34. The lowest BCUT2D eigenvalue weighted by Crippen LogP contribution is -2.22. The number of alkyl carbamates (subject to hydrolysis) is 1. The molecule has 1 aromatic rings. The van der Waals surface area contributed by atoms with Gasteiger partial charge in [0.05, 0.1) is 20.3 Å². The molecule has 0 spiro atoms. The fourth-order valence-electron chi connectivity index (χ4n) is 1.76. The number of hydrogen-bond acceptors (Lipinski definition) is 5. The summed E-state index contributed by atoms with van der Waals surface area (Å²) in [6.45, 7) is 0.335. The van der Waals surface area contributed by atoms with Crippen molar-refractivity contribution in [3.63, 3.8) is 0 Å². The molecule has 104 valence electrons. The molecule has 0 radical (unpaired) electrons. The second-order valence-electron chi connectivity index (χ2n) is 3.97. The first kappa shape index (κ1) is 13.8. The molecule has 19 heavy (non-hydrogen) atoms. The number of carbonyl (C=O) groups excluding carboxylic acids is 1. The van der Waals surface area contributed by atoms with Crippen LogP contribution >= 0.6 is 11.6 Å². The third-order valence-corrected chi connectivity index (χ3v) is 2.87. The molecule has 6 nitrogen and oxygen atoms in total. The SMILES string of the molecule is COc1cc(Cl)cc(CO)c1OCC1CNC(=O)O1. The van der Waals surface area contributed by atoms with Crippen LogP contribution in [0.1, 0.15) is 5.56 Å². The number of amides is 1. The maximum absolute atomic E-state index is 10.9. The summed E-state index contributed by atoms with van der Waals surface area (Å²) in [6, 6.07) is 3.19. The molecule has 1 aliphatic rings. The van der Waals surface area contributed by atoms with Gasteiger partial charge < -0.3 is 24.6 Å². The molecule has 0 saturated carbocycles. The lowest BCUT2D eigenvalue weighted by atomic mass is 10.2. The Bertz CT molecular complexity index is 454. The number of benzene rings is 1. The van der Waals surface area contributed by atoms with Gasteiger partial charge in [-0.3, -0.25) is 0 Å². The monoisotopic (exact) mass is 287 g/mol. The number of aliphatic hydroxyl groups is 1. The van der Waals surface area contributed by atoms with E-state index >= 15 is 0 Å². The molecule has 1 atom stereocenters. The first-order valence-corrected chi connectivity index (χ1v) is 6.06. The summed E-state index contributed by atoms with van der Waals surface area (Å²) in [6.07, 6.45) is -0.821. The third kappa shape index (κ3) is 3.21. The van der Waals surface area contributed by atoms with Crippen molar-refractivity contribution in [2.75, 3.05) is 20.3 Å². The van der Waals surface area contributed by atoms with Gasteiger partial charge in [0.1, 0.15) is 6.61 Å². The van der Waals surface area contributed by atoms with Crippen molar-refractivity contribution in [3.05, 3.63) is 22.7 Å². The summed E-state index contributed by atoms with van der Waals surface area (Å²) in [5.74, 6) is 0.825.